The molecule has 0 fully saturated rings. The van der Waals surface area contributed by atoms with E-state index in [9.17, 15) is 24.3 Å². The Morgan fingerprint density at radius 2 is 0.972 bits per heavy atom. The highest BCUT2D eigenvalue weighted by atomic mass is 17.2. The van der Waals surface area contributed by atoms with Gasteiger partial charge in [0.05, 0.1) is 0 Å². The zero-order chi connectivity index (χ0) is 28.3. The molecule has 13 nitrogen and oxygen atoms in total. The summed E-state index contributed by atoms with van der Waals surface area (Å²) in [5.74, 6) is -2.49. The summed E-state index contributed by atoms with van der Waals surface area (Å²) in [5.41, 5.74) is -1.50. The fourth-order valence-corrected chi connectivity index (χ4v) is 2.36. The molecule has 3 N–H and O–H groups in total. The lowest BCUT2D eigenvalue weighted by molar-refractivity contribution is -0.307. The minimum Gasteiger partial charge on any atom is -0.444 e. The van der Waals surface area contributed by atoms with Crippen LogP contribution in [0.5, 0.6) is 0 Å². The van der Waals surface area contributed by atoms with E-state index in [1.165, 1.54) is 0 Å². The molecule has 0 spiro atoms. The zero-order valence-corrected chi connectivity index (χ0v) is 22.8. The molecule has 2 amide bonds. The van der Waals surface area contributed by atoms with E-state index in [-0.39, 0.29) is 11.8 Å². The van der Waals surface area contributed by atoms with Crippen LogP contribution < -0.4 is 10.6 Å². The van der Waals surface area contributed by atoms with Gasteiger partial charge in [0.2, 0.25) is 0 Å². The maximum absolute atomic E-state index is 12.2. The minimum absolute atomic E-state index is 0.343. The van der Waals surface area contributed by atoms with Gasteiger partial charge in [0.1, 0.15) is 42.6 Å². The van der Waals surface area contributed by atoms with Gasteiger partial charge in [0.25, 0.3) is 0 Å². The third-order valence-corrected chi connectivity index (χ3v) is 3.99. The number of hydrogen-bond acceptors (Lipinski definition) is 11. The fraction of sp³-hybridized carbons (Fsp3) is 0.826. The number of aliphatic hydroxyl groups is 1. The molecule has 0 aliphatic rings. The van der Waals surface area contributed by atoms with E-state index in [0.29, 0.717) is 0 Å². The topological polar surface area (TPSA) is 168 Å². The van der Waals surface area contributed by atoms with E-state index in [4.69, 9.17) is 19.2 Å². The van der Waals surface area contributed by atoms with Crippen LogP contribution in [-0.4, -0.2) is 71.8 Å². The van der Waals surface area contributed by atoms with Gasteiger partial charge >= 0.3 is 24.1 Å². The van der Waals surface area contributed by atoms with Crippen molar-refractivity contribution >= 4 is 24.1 Å². The molecule has 36 heavy (non-hydrogen) atoms. The Balaban J connectivity index is 4.52. The maximum Gasteiger partial charge on any atom is 0.408 e. The van der Waals surface area contributed by atoms with Gasteiger partial charge in [-0.15, -0.1) is 0 Å². The maximum atomic E-state index is 12.2. The molecule has 0 bridgehead atoms. The molecule has 0 saturated carbocycles. The van der Waals surface area contributed by atoms with Gasteiger partial charge in [0.15, 0.2) is 0 Å². The van der Waals surface area contributed by atoms with Crippen LogP contribution in [0.4, 0.5) is 9.59 Å². The first-order valence-corrected chi connectivity index (χ1v) is 11.7. The Kier molecular flexibility index (Phi) is 13.7. The Hall–Kier alpha value is -2.64. The molecule has 0 aromatic carbocycles. The molecule has 0 aromatic rings. The molecular formula is C23H42N2O11. The van der Waals surface area contributed by atoms with Gasteiger partial charge in [-0.05, 0) is 53.4 Å². The third-order valence-electron chi connectivity index (χ3n) is 3.99. The molecule has 13 heteroatoms. The Bertz CT molecular complexity index is 667. The van der Waals surface area contributed by atoms with Gasteiger partial charge in [-0.1, -0.05) is 27.7 Å². The first-order chi connectivity index (χ1) is 16.3. The van der Waals surface area contributed by atoms with Gasteiger partial charge in [-0.2, -0.15) is 9.78 Å². The summed E-state index contributed by atoms with van der Waals surface area (Å²) < 4.78 is 10.2. The molecule has 0 radical (unpaired) electrons. The van der Waals surface area contributed by atoms with Crippen LogP contribution >= 0.6 is 0 Å². The van der Waals surface area contributed by atoms with Crippen molar-refractivity contribution in [3.05, 3.63) is 0 Å². The molecule has 0 aliphatic heterocycles. The first kappa shape index (κ1) is 33.4. The van der Waals surface area contributed by atoms with Gasteiger partial charge in [0, 0.05) is 0 Å². The normalized spacial score (nSPS) is 13.7. The van der Waals surface area contributed by atoms with Crippen molar-refractivity contribution in [3.8, 4) is 0 Å². The van der Waals surface area contributed by atoms with Crippen molar-refractivity contribution < 1.29 is 53.3 Å². The van der Waals surface area contributed by atoms with Crippen LogP contribution in [0.15, 0.2) is 0 Å². The van der Waals surface area contributed by atoms with Crippen molar-refractivity contribution in [1.82, 2.24) is 10.6 Å². The third kappa shape index (κ3) is 15.4. The summed E-state index contributed by atoms with van der Waals surface area (Å²) in [7, 11) is 0. The molecule has 0 rings (SSSR count). The van der Waals surface area contributed by atoms with Gasteiger partial charge in [-0.3, -0.25) is 9.78 Å². The number of amides is 2. The average molecular weight is 523 g/mol. The number of carbonyl (C=O) groups is 4. The van der Waals surface area contributed by atoms with Gasteiger partial charge < -0.3 is 25.2 Å². The zero-order valence-electron chi connectivity index (χ0n) is 22.8. The van der Waals surface area contributed by atoms with Crippen LogP contribution in [0.1, 0.15) is 69.2 Å². The molecule has 0 heterocycles. The molecule has 210 valence electrons. The minimum atomic E-state index is -1.33. The number of nitrogens with one attached hydrogen (secondary N) is 2. The van der Waals surface area contributed by atoms with Crippen LogP contribution in [0.2, 0.25) is 0 Å². The molecule has 0 aromatic heterocycles. The van der Waals surface area contributed by atoms with Gasteiger partial charge in [-0.25, -0.2) is 19.2 Å². The monoisotopic (exact) mass is 522 g/mol. The lowest BCUT2D eigenvalue weighted by Gasteiger charge is -2.24. The second kappa shape index (κ2) is 14.8. The highest BCUT2D eigenvalue weighted by Crippen LogP contribution is 2.11. The molecule has 0 aliphatic carbocycles. The lowest BCUT2D eigenvalue weighted by Crippen LogP contribution is -2.47. The summed E-state index contributed by atoms with van der Waals surface area (Å²) in [6.07, 6.45) is -2.93. The Labute approximate surface area is 212 Å². The summed E-state index contributed by atoms with van der Waals surface area (Å²) in [6.45, 7) is 15.8. The number of carbonyl (C=O) groups excluding carboxylic acids is 4. The Morgan fingerprint density at radius 3 is 1.22 bits per heavy atom. The summed E-state index contributed by atoms with van der Waals surface area (Å²) in [6, 6.07) is -2.11. The molecule has 0 saturated heterocycles. The highest BCUT2D eigenvalue weighted by Gasteiger charge is 2.30. The van der Waals surface area contributed by atoms with Crippen molar-refractivity contribution in [2.75, 3.05) is 13.2 Å². The number of aliphatic hydroxyl groups excluding tert-OH is 1. The number of rotatable bonds is 12. The van der Waals surface area contributed by atoms with E-state index in [0.717, 1.165) is 0 Å². The predicted octanol–water partition coefficient (Wildman–Crippen LogP) is 2.40. The number of alkyl carbamates (subject to hydrolysis) is 2. The van der Waals surface area contributed by atoms with E-state index in [2.05, 4.69) is 20.4 Å². The number of hydrogen-bond donors (Lipinski definition) is 3. The van der Waals surface area contributed by atoms with E-state index < -0.39 is 66.7 Å². The summed E-state index contributed by atoms with van der Waals surface area (Å²) in [4.78, 5) is 67.1. The largest absolute Gasteiger partial charge is 0.444 e. The lowest BCUT2D eigenvalue weighted by atomic mass is 10.1. The van der Waals surface area contributed by atoms with Crippen LogP contribution in [0.25, 0.3) is 0 Å². The van der Waals surface area contributed by atoms with E-state index in [1.54, 1.807) is 69.2 Å². The van der Waals surface area contributed by atoms with Crippen LogP contribution in [-0.2, 0) is 38.6 Å². The van der Waals surface area contributed by atoms with E-state index >= 15 is 0 Å². The van der Waals surface area contributed by atoms with Crippen LogP contribution in [0, 0.1) is 11.8 Å². The number of ether oxygens (including phenoxy) is 2. The predicted molar refractivity (Wildman–Crippen MR) is 126 cm³/mol. The summed E-state index contributed by atoms with van der Waals surface area (Å²) >= 11 is 0. The van der Waals surface area contributed by atoms with Crippen molar-refractivity contribution in [2.45, 2.75) is 98.6 Å². The molecule has 2 atom stereocenters. The molecule has 0 unspecified atom stereocenters. The Morgan fingerprint density at radius 1 is 0.667 bits per heavy atom. The molecular weight excluding hydrogens is 480 g/mol. The summed E-state index contributed by atoms with van der Waals surface area (Å²) in [5, 5.41) is 14.7. The average Bonchev–Trinajstić information content (AvgIpc) is 2.66. The second-order valence-corrected chi connectivity index (χ2v) is 10.8. The standard InChI is InChI=1S/C23H42N2O11/c1-13(2)16(24-20(29)33-22(5,6)7)18(27)35-31-11-15(26)12-32-36-19(28)17(14(3)4)25-21(30)34-23(8,9)10/h13-17,26H,11-12H2,1-10H3,(H,24,29)(H,25,30)/t16-,17-/m0/s1. The smallest absolute Gasteiger partial charge is 0.408 e. The first-order valence-electron chi connectivity index (χ1n) is 11.7. The van der Waals surface area contributed by atoms with E-state index in [1.807, 2.05) is 0 Å². The van der Waals surface area contributed by atoms with Crippen molar-refractivity contribution in [1.29, 1.82) is 0 Å². The van der Waals surface area contributed by atoms with Crippen LogP contribution in [0.3, 0.4) is 0 Å². The quantitative estimate of drug-likeness (QED) is 0.254. The highest BCUT2D eigenvalue weighted by molar-refractivity contribution is 5.82. The van der Waals surface area contributed by atoms with Crippen molar-refractivity contribution in [3.63, 3.8) is 0 Å². The SMILES string of the molecule is CC(C)[C@H](NC(=O)OC(C)(C)C)C(=O)OOCC(O)COOC(=O)[C@@H](NC(=O)OC(C)(C)C)C(C)C. The van der Waals surface area contributed by atoms with Crippen molar-refractivity contribution in [2.24, 2.45) is 11.8 Å². The fourth-order valence-electron chi connectivity index (χ4n) is 2.36. The second-order valence-electron chi connectivity index (χ2n) is 10.8.